The zero-order valence-corrected chi connectivity index (χ0v) is 39.5. The van der Waals surface area contributed by atoms with Gasteiger partial charge in [-0.2, -0.15) is 0 Å². The number of ether oxygens (including phenoxy) is 2. The van der Waals surface area contributed by atoms with Crippen molar-refractivity contribution in [2.24, 2.45) is 68.5 Å². The minimum absolute atomic E-state index is 0.0555. The van der Waals surface area contributed by atoms with Gasteiger partial charge < -0.3 is 25.2 Å². The molecule has 0 aromatic heterocycles. The third-order valence-corrected chi connectivity index (χ3v) is 21.1. The van der Waals surface area contributed by atoms with Gasteiger partial charge in [-0.1, -0.05) is 60.6 Å². The average Bonchev–Trinajstić information content (AvgIpc) is 3.53. The maximum atomic E-state index is 13.7. The van der Waals surface area contributed by atoms with Crippen LogP contribution in [0, 0.1) is 68.5 Å². The van der Waals surface area contributed by atoms with Crippen molar-refractivity contribution >= 4 is 27.9 Å². The van der Waals surface area contributed by atoms with Crippen LogP contribution in [0.15, 0.2) is 12.2 Å². The van der Waals surface area contributed by atoms with E-state index >= 15 is 0 Å². The number of amides is 1. The van der Waals surface area contributed by atoms with Crippen molar-refractivity contribution < 1.29 is 37.4 Å². The van der Waals surface area contributed by atoms with Crippen LogP contribution < -0.4 is 10.6 Å². The van der Waals surface area contributed by atoms with E-state index in [1.807, 2.05) is 27.7 Å². The molecule has 0 aromatic carbocycles. The molecule has 0 bridgehead atoms. The molecule has 7 aliphatic rings. The van der Waals surface area contributed by atoms with E-state index < -0.39 is 33.2 Å². The van der Waals surface area contributed by atoms with E-state index in [0.717, 1.165) is 51.4 Å². The molecule has 340 valence electrons. The van der Waals surface area contributed by atoms with Crippen LogP contribution in [0.3, 0.4) is 0 Å². The first-order valence-electron chi connectivity index (χ1n) is 23.6. The van der Waals surface area contributed by atoms with Crippen molar-refractivity contribution in [2.45, 2.75) is 164 Å². The van der Waals surface area contributed by atoms with Crippen molar-refractivity contribution in [3.8, 4) is 0 Å². The molecule has 60 heavy (non-hydrogen) atoms. The molecule has 13 atom stereocenters. The Labute approximate surface area is 361 Å². The fraction of sp³-hybridized carbons (Fsp3) is 0.896. The van der Waals surface area contributed by atoms with Crippen LogP contribution in [0.2, 0.25) is 0 Å². The lowest BCUT2D eigenvalue weighted by Gasteiger charge is -2.73. The number of rotatable bonds is 11. The molecule has 6 aliphatic carbocycles. The first kappa shape index (κ1) is 45.8. The lowest BCUT2D eigenvalue weighted by molar-refractivity contribution is -0.248. The van der Waals surface area contributed by atoms with Gasteiger partial charge in [-0.05, 0) is 143 Å². The number of nitrogens with one attached hydrogen (secondary N) is 2. The van der Waals surface area contributed by atoms with Crippen molar-refractivity contribution in [2.75, 3.05) is 37.7 Å². The summed E-state index contributed by atoms with van der Waals surface area (Å²) in [5.41, 5.74) is 0.841. The Morgan fingerprint density at radius 3 is 2.12 bits per heavy atom. The fourth-order valence-corrected chi connectivity index (χ4v) is 17.0. The highest BCUT2D eigenvalue weighted by molar-refractivity contribution is 7.91. The summed E-state index contributed by atoms with van der Waals surface area (Å²) in [7, 11) is -3.06. The van der Waals surface area contributed by atoms with Gasteiger partial charge in [0, 0.05) is 43.2 Å². The number of hydrogen-bond donors (Lipinski definition) is 3. The Kier molecular flexibility index (Phi) is 12.1. The van der Waals surface area contributed by atoms with Gasteiger partial charge in [0.2, 0.25) is 0 Å². The summed E-state index contributed by atoms with van der Waals surface area (Å²) in [6.45, 7) is 28.9. The number of alkyl carbamates (subject to hydrolysis) is 1. The van der Waals surface area contributed by atoms with E-state index in [9.17, 15) is 27.9 Å². The maximum absolute atomic E-state index is 13.7. The standard InChI is InChI=1S/C48H79N3O8S/c1-29(2)32-14-19-48(50-28-31(27-49-42(55)58-30(3)4)51-22-24-60(56,57)25-23-51)21-20-46(10)33(39(32)48)12-13-37-45(9)17-16-38(44(7,8)36(45)15-18-47(37,46)11)59-41(54)35-26-34(40(52)53)43(35,5)6/h30-39,50H,1,12-28H2,2-11H3,(H,49,55)(H,52,53)/t31-,32-,33+,34-,35+,36-,37+,38-,39+,45-,46+,47+,48-/m0/s1. The molecule has 1 amide bonds. The summed E-state index contributed by atoms with van der Waals surface area (Å²) < 4.78 is 36.8. The number of aliphatic carboxylic acids is 1. The molecule has 3 N–H and O–H groups in total. The predicted octanol–water partition coefficient (Wildman–Crippen LogP) is 7.88. The van der Waals surface area contributed by atoms with E-state index in [4.69, 9.17) is 9.47 Å². The molecule has 0 unspecified atom stereocenters. The third kappa shape index (κ3) is 7.47. The highest BCUT2D eigenvalue weighted by Crippen LogP contribution is 2.76. The number of allylic oxidation sites excluding steroid dienone is 1. The Morgan fingerprint density at radius 2 is 1.50 bits per heavy atom. The molecule has 1 heterocycles. The summed E-state index contributed by atoms with van der Waals surface area (Å²) in [4.78, 5) is 40.4. The van der Waals surface area contributed by atoms with E-state index in [1.54, 1.807) is 0 Å². The molecule has 1 saturated heterocycles. The molecule has 0 aromatic rings. The zero-order valence-electron chi connectivity index (χ0n) is 38.7. The number of nitrogens with zero attached hydrogens (tertiary/aromatic N) is 1. The first-order valence-corrected chi connectivity index (χ1v) is 25.4. The normalized spacial score (nSPS) is 43.2. The second kappa shape index (κ2) is 15.8. The number of carbonyl (C=O) groups is 3. The molecular weight excluding hydrogens is 779 g/mol. The second-order valence-electron chi connectivity index (χ2n) is 23.2. The molecule has 1 aliphatic heterocycles. The number of esters is 1. The Hall–Kier alpha value is -2.18. The molecule has 0 radical (unpaired) electrons. The maximum Gasteiger partial charge on any atom is 0.407 e. The Bertz CT molecular complexity index is 1800. The van der Waals surface area contributed by atoms with Gasteiger partial charge in [0.25, 0.3) is 0 Å². The highest BCUT2D eigenvalue weighted by atomic mass is 32.2. The van der Waals surface area contributed by atoms with E-state index in [2.05, 4.69) is 63.7 Å². The van der Waals surface area contributed by atoms with Crippen molar-refractivity contribution in [3.63, 3.8) is 0 Å². The topological polar surface area (TPSA) is 151 Å². The van der Waals surface area contributed by atoms with Gasteiger partial charge in [-0.15, -0.1) is 0 Å². The van der Waals surface area contributed by atoms with Crippen molar-refractivity contribution in [1.82, 2.24) is 15.5 Å². The molecule has 0 spiro atoms. The number of carboxylic acids is 1. The number of fused-ring (bicyclic) bond motifs is 7. The minimum Gasteiger partial charge on any atom is -0.481 e. The number of hydrogen-bond acceptors (Lipinski definition) is 9. The first-order chi connectivity index (χ1) is 27.8. The lowest BCUT2D eigenvalue weighted by Crippen LogP contribution is -2.69. The molecule has 11 nitrogen and oxygen atoms in total. The monoisotopic (exact) mass is 858 g/mol. The third-order valence-electron chi connectivity index (χ3n) is 19.5. The fourth-order valence-electron chi connectivity index (χ4n) is 15.8. The smallest absolute Gasteiger partial charge is 0.407 e. The van der Waals surface area contributed by atoms with Crippen LogP contribution in [-0.2, 0) is 28.9 Å². The van der Waals surface area contributed by atoms with Gasteiger partial charge in [-0.25, -0.2) is 13.2 Å². The minimum atomic E-state index is -3.06. The summed E-state index contributed by atoms with van der Waals surface area (Å²) in [5, 5.41) is 16.9. The number of carboxylic acid groups (broad SMARTS) is 1. The average molecular weight is 858 g/mol. The predicted molar refractivity (Wildman–Crippen MR) is 234 cm³/mol. The van der Waals surface area contributed by atoms with Gasteiger partial charge in [-0.3, -0.25) is 14.5 Å². The largest absolute Gasteiger partial charge is 0.481 e. The van der Waals surface area contributed by atoms with E-state index in [-0.39, 0.29) is 68.8 Å². The highest BCUT2D eigenvalue weighted by Gasteiger charge is 2.71. The summed E-state index contributed by atoms with van der Waals surface area (Å²) in [6.07, 6.45) is 10.5. The van der Waals surface area contributed by atoms with Crippen LogP contribution >= 0.6 is 0 Å². The van der Waals surface area contributed by atoms with Crippen molar-refractivity contribution in [3.05, 3.63) is 12.2 Å². The Balaban J connectivity index is 1.10. The van der Waals surface area contributed by atoms with E-state index in [1.165, 1.54) is 18.4 Å². The molecular formula is C48H79N3O8S. The molecule has 12 heteroatoms. The van der Waals surface area contributed by atoms with Crippen LogP contribution in [0.25, 0.3) is 0 Å². The molecule has 7 fully saturated rings. The van der Waals surface area contributed by atoms with Crippen LogP contribution in [-0.4, -0.2) is 97.9 Å². The lowest BCUT2D eigenvalue weighted by atomic mass is 9.32. The number of sulfone groups is 1. The van der Waals surface area contributed by atoms with Gasteiger partial charge in [0.1, 0.15) is 6.10 Å². The van der Waals surface area contributed by atoms with Gasteiger partial charge >= 0.3 is 18.0 Å². The van der Waals surface area contributed by atoms with Gasteiger partial charge in [0.05, 0.1) is 29.4 Å². The number of carbonyl (C=O) groups excluding carboxylic acids is 2. The summed E-state index contributed by atoms with van der Waals surface area (Å²) in [5.74, 6) is 0.750. The summed E-state index contributed by atoms with van der Waals surface area (Å²) in [6, 6.07) is -0.0597. The van der Waals surface area contributed by atoms with Crippen LogP contribution in [0.1, 0.15) is 140 Å². The van der Waals surface area contributed by atoms with Crippen LogP contribution in [0.4, 0.5) is 4.79 Å². The van der Waals surface area contributed by atoms with Crippen LogP contribution in [0.5, 0.6) is 0 Å². The zero-order chi connectivity index (χ0) is 44.0. The summed E-state index contributed by atoms with van der Waals surface area (Å²) >= 11 is 0. The molecule has 7 rings (SSSR count). The Morgan fingerprint density at radius 1 is 0.817 bits per heavy atom. The van der Waals surface area contributed by atoms with Crippen molar-refractivity contribution in [1.29, 1.82) is 0 Å². The SMILES string of the molecule is C=C(C)[C@@H]1CC[C@]2(NC[C@H](CNC(=O)OC(C)C)N3CCS(=O)(=O)CC3)CC[C@]3(C)[C@H](CC[C@@H]4[C@@]5(C)CC[C@H](OC(=O)[C@H]6C[C@@H](C(=O)O)C6(C)C)C(C)(C)[C@@H]5CC[C@]43C)[C@@H]12. The quantitative estimate of drug-likeness (QED) is 0.138. The van der Waals surface area contributed by atoms with Gasteiger partial charge in [0.15, 0.2) is 9.84 Å². The molecule has 6 saturated carbocycles. The second-order valence-corrected chi connectivity index (χ2v) is 25.5. The van der Waals surface area contributed by atoms with E-state index in [0.29, 0.717) is 62.2 Å².